The molecule has 30 heavy (non-hydrogen) atoms. The second-order valence-corrected chi connectivity index (χ2v) is 6.95. The molecule has 4 rings (SSSR count). The molecule has 1 N–H and O–H groups in total. The molecule has 2 heterocycles. The zero-order valence-corrected chi connectivity index (χ0v) is 15.8. The van der Waals surface area contributed by atoms with Crippen molar-refractivity contribution in [1.29, 1.82) is 5.26 Å². The predicted octanol–water partition coefficient (Wildman–Crippen LogP) is 3.66. The zero-order chi connectivity index (χ0) is 21.4. The Hall–Kier alpha value is -3.64. The number of anilines is 2. The average molecular weight is 412 g/mol. The Morgan fingerprint density at radius 2 is 1.83 bits per heavy atom. The van der Waals surface area contributed by atoms with Crippen LogP contribution < -0.4 is 10.9 Å². The molecule has 152 valence electrons. The molecule has 0 bridgehead atoms. The van der Waals surface area contributed by atoms with Gasteiger partial charge >= 0.3 is 0 Å². The number of ether oxygens (including phenoxy) is 1. The monoisotopic (exact) mass is 412 g/mol. The lowest BCUT2D eigenvalue weighted by molar-refractivity contribution is 0.134. The maximum Gasteiger partial charge on any atom is 0.292 e. The zero-order valence-electron chi connectivity index (χ0n) is 15.8. The smallest absolute Gasteiger partial charge is 0.292 e. The van der Waals surface area contributed by atoms with Crippen LogP contribution in [0.5, 0.6) is 0 Å². The van der Waals surface area contributed by atoms with Crippen LogP contribution in [0.25, 0.3) is 0 Å². The highest BCUT2D eigenvalue weighted by Gasteiger charge is 2.17. The van der Waals surface area contributed by atoms with Gasteiger partial charge in [-0.2, -0.15) is 10.2 Å². The number of aromatic nitrogens is 2. The normalized spacial score (nSPS) is 12.5. The lowest BCUT2D eigenvalue weighted by Gasteiger charge is -2.16. The molecule has 0 amide bonds. The standard InChI is InChI=1S/C21H15F3N4O2/c1-11-2-13-9-30-10-14(13)5-18(11)26-21-27-20(29)15(6-25)8-28(21)7-12-3-16(22)19(24)17(23)4-12/h2-5,8H,7,9-10H2,1H3,(H,26,27,29). The number of benzene rings is 2. The SMILES string of the molecule is Cc1cc2c(cc1Nc1nc(=O)c(C#N)cn1Cc1cc(F)c(F)c(F)c1)COC2. The number of nitrogens with zero attached hydrogens (tertiary/aromatic N) is 3. The molecular formula is C21H15F3N4O2. The van der Waals surface area contributed by atoms with Crippen LogP contribution in [0.4, 0.5) is 24.8 Å². The molecular weight excluding hydrogens is 397 g/mol. The summed E-state index contributed by atoms with van der Waals surface area (Å²) in [6.07, 6.45) is 1.24. The van der Waals surface area contributed by atoms with E-state index in [1.165, 1.54) is 10.8 Å². The van der Waals surface area contributed by atoms with Crippen LogP contribution in [0.3, 0.4) is 0 Å². The minimum absolute atomic E-state index is 0.0751. The van der Waals surface area contributed by atoms with Crippen molar-refractivity contribution >= 4 is 11.6 Å². The first-order chi connectivity index (χ1) is 14.4. The van der Waals surface area contributed by atoms with Gasteiger partial charge in [-0.3, -0.25) is 4.79 Å². The summed E-state index contributed by atoms with van der Waals surface area (Å²) in [4.78, 5) is 16.0. The molecule has 0 fully saturated rings. The lowest BCUT2D eigenvalue weighted by atomic mass is 10.1. The summed E-state index contributed by atoms with van der Waals surface area (Å²) < 4.78 is 47.3. The Kier molecular flexibility index (Phi) is 5.01. The summed E-state index contributed by atoms with van der Waals surface area (Å²) in [5.74, 6) is -4.15. The molecule has 9 heteroatoms. The number of nitriles is 1. The van der Waals surface area contributed by atoms with Gasteiger partial charge < -0.3 is 14.6 Å². The first kappa shape index (κ1) is 19.7. The van der Waals surface area contributed by atoms with Crippen LogP contribution in [-0.4, -0.2) is 9.55 Å². The fourth-order valence-corrected chi connectivity index (χ4v) is 3.29. The van der Waals surface area contributed by atoms with Crippen LogP contribution in [0.2, 0.25) is 0 Å². The number of hydrogen-bond acceptors (Lipinski definition) is 5. The third kappa shape index (κ3) is 3.65. The van der Waals surface area contributed by atoms with Gasteiger partial charge in [0.25, 0.3) is 5.56 Å². The minimum atomic E-state index is -1.57. The van der Waals surface area contributed by atoms with Crippen molar-refractivity contribution < 1.29 is 17.9 Å². The summed E-state index contributed by atoms with van der Waals surface area (Å²) in [6, 6.07) is 7.28. The second kappa shape index (κ2) is 7.65. The van der Waals surface area contributed by atoms with Crippen molar-refractivity contribution in [2.24, 2.45) is 0 Å². The highest BCUT2D eigenvalue weighted by molar-refractivity contribution is 5.61. The molecule has 1 aliphatic heterocycles. The Balaban J connectivity index is 1.76. The summed E-state index contributed by atoms with van der Waals surface area (Å²) in [7, 11) is 0. The molecule has 0 unspecified atom stereocenters. The first-order valence-corrected chi connectivity index (χ1v) is 8.98. The number of nitrogens with one attached hydrogen (secondary N) is 1. The molecule has 2 aromatic carbocycles. The quantitative estimate of drug-likeness (QED) is 0.662. The molecule has 6 nitrogen and oxygen atoms in total. The Bertz CT molecular complexity index is 1240. The van der Waals surface area contributed by atoms with E-state index >= 15 is 0 Å². The first-order valence-electron chi connectivity index (χ1n) is 8.98. The van der Waals surface area contributed by atoms with Gasteiger partial charge in [0.05, 0.1) is 19.8 Å². The Morgan fingerprint density at radius 1 is 1.17 bits per heavy atom. The third-order valence-corrected chi connectivity index (χ3v) is 4.82. The number of fused-ring (bicyclic) bond motifs is 1. The molecule has 0 radical (unpaired) electrons. The Morgan fingerprint density at radius 3 is 2.50 bits per heavy atom. The maximum atomic E-state index is 13.6. The predicted molar refractivity (Wildman–Crippen MR) is 102 cm³/mol. The maximum absolute atomic E-state index is 13.6. The highest BCUT2D eigenvalue weighted by atomic mass is 19.2. The molecule has 0 saturated carbocycles. The fourth-order valence-electron chi connectivity index (χ4n) is 3.29. The highest BCUT2D eigenvalue weighted by Crippen LogP contribution is 2.28. The van der Waals surface area contributed by atoms with E-state index in [2.05, 4.69) is 10.3 Å². The van der Waals surface area contributed by atoms with E-state index in [4.69, 9.17) is 10.00 Å². The molecule has 1 aromatic heterocycles. The second-order valence-electron chi connectivity index (χ2n) is 6.95. The van der Waals surface area contributed by atoms with E-state index in [0.29, 0.717) is 18.9 Å². The molecule has 3 aromatic rings. The van der Waals surface area contributed by atoms with Crippen LogP contribution in [0.15, 0.2) is 35.3 Å². The largest absolute Gasteiger partial charge is 0.372 e. The van der Waals surface area contributed by atoms with Gasteiger partial charge in [-0.25, -0.2) is 13.2 Å². The van der Waals surface area contributed by atoms with Crippen molar-refractivity contribution in [3.05, 3.63) is 86.1 Å². The van der Waals surface area contributed by atoms with E-state index < -0.39 is 23.0 Å². The average Bonchev–Trinajstić information content (AvgIpc) is 3.15. The topological polar surface area (TPSA) is 79.9 Å². The number of rotatable bonds is 4. The van der Waals surface area contributed by atoms with Crippen LogP contribution in [0, 0.1) is 35.7 Å². The van der Waals surface area contributed by atoms with E-state index in [9.17, 15) is 18.0 Å². The van der Waals surface area contributed by atoms with Crippen molar-refractivity contribution in [3.8, 4) is 6.07 Å². The van der Waals surface area contributed by atoms with Gasteiger partial charge in [-0.15, -0.1) is 0 Å². The van der Waals surface area contributed by atoms with Gasteiger partial charge in [0.2, 0.25) is 5.95 Å². The molecule has 1 aliphatic rings. The lowest BCUT2D eigenvalue weighted by Crippen LogP contribution is -2.20. The number of halogens is 3. The van der Waals surface area contributed by atoms with Crippen molar-refractivity contribution in [2.75, 3.05) is 5.32 Å². The summed E-state index contributed by atoms with van der Waals surface area (Å²) in [5, 5.41) is 12.2. The number of hydrogen-bond donors (Lipinski definition) is 1. The van der Waals surface area contributed by atoms with Crippen molar-refractivity contribution in [2.45, 2.75) is 26.7 Å². The van der Waals surface area contributed by atoms with E-state index in [1.807, 2.05) is 19.1 Å². The van der Waals surface area contributed by atoms with Crippen molar-refractivity contribution in [1.82, 2.24) is 9.55 Å². The van der Waals surface area contributed by atoms with Gasteiger partial charge in [-0.1, -0.05) is 6.07 Å². The van der Waals surface area contributed by atoms with Crippen molar-refractivity contribution in [3.63, 3.8) is 0 Å². The summed E-state index contributed by atoms with van der Waals surface area (Å²) >= 11 is 0. The summed E-state index contributed by atoms with van der Waals surface area (Å²) in [6.45, 7) is 2.72. The molecule has 0 atom stereocenters. The van der Waals surface area contributed by atoms with Crippen LogP contribution in [-0.2, 0) is 24.5 Å². The van der Waals surface area contributed by atoms with E-state index in [1.54, 1.807) is 6.07 Å². The third-order valence-electron chi connectivity index (χ3n) is 4.82. The van der Waals surface area contributed by atoms with Gasteiger partial charge in [0.15, 0.2) is 17.5 Å². The molecule has 0 saturated heterocycles. The summed E-state index contributed by atoms with van der Waals surface area (Å²) in [5.41, 5.74) is 2.73. The van der Waals surface area contributed by atoms with Crippen LogP contribution >= 0.6 is 0 Å². The molecule has 0 spiro atoms. The number of aryl methyl sites for hydroxylation is 1. The van der Waals surface area contributed by atoms with Crippen LogP contribution in [0.1, 0.15) is 27.8 Å². The molecule has 0 aliphatic carbocycles. The van der Waals surface area contributed by atoms with Gasteiger partial charge in [0.1, 0.15) is 11.6 Å². The Labute approximate surface area is 169 Å². The van der Waals surface area contributed by atoms with Gasteiger partial charge in [-0.05, 0) is 47.4 Å². The van der Waals surface area contributed by atoms with E-state index in [-0.39, 0.29) is 23.6 Å². The fraction of sp³-hybridized carbons (Fsp3) is 0.190. The van der Waals surface area contributed by atoms with Gasteiger partial charge in [0, 0.05) is 11.9 Å². The van der Waals surface area contributed by atoms with E-state index in [0.717, 1.165) is 28.8 Å². The minimum Gasteiger partial charge on any atom is -0.372 e.